The van der Waals surface area contributed by atoms with Gasteiger partial charge in [-0.25, -0.2) is 0 Å². The van der Waals surface area contributed by atoms with Crippen molar-refractivity contribution in [2.75, 3.05) is 9.80 Å². The molecular weight excluding hydrogens is 761 g/mol. The van der Waals surface area contributed by atoms with Crippen molar-refractivity contribution < 1.29 is 0 Å². The fraction of sp³-hybridized carbons (Fsp3) is 0.0164. The highest BCUT2D eigenvalue weighted by molar-refractivity contribution is 5.82. The highest BCUT2D eigenvalue weighted by Gasteiger charge is 2.17. The van der Waals surface area contributed by atoms with E-state index >= 15 is 0 Å². The Morgan fingerprint density at radius 3 is 0.794 bits per heavy atom. The summed E-state index contributed by atoms with van der Waals surface area (Å²) < 4.78 is 0. The minimum absolute atomic E-state index is 0.695. The number of hydrogen-bond donors (Lipinski definition) is 0. The molecule has 0 aliphatic carbocycles. The van der Waals surface area contributed by atoms with Crippen LogP contribution >= 0.6 is 0 Å². The lowest BCUT2D eigenvalue weighted by molar-refractivity contribution is 0.977. The molecule has 0 amide bonds. The van der Waals surface area contributed by atoms with E-state index in [9.17, 15) is 0 Å². The molecule has 0 heterocycles. The summed E-state index contributed by atoms with van der Waals surface area (Å²) >= 11 is 0. The smallest absolute Gasteiger partial charge is 0.0487 e. The molecule has 0 aromatic heterocycles. The van der Waals surface area contributed by atoms with Gasteiger partial charge in [-0.15, -0.1) is 0 Å². The highest BCUT2D eigenvalue weighted by Crippen LogP contribution is 2.39. The summed E-state index contributed by atoms with van der Waals surface area (Å²) in [7, 11) is 0. The first-order valence-electron chi connectivity index (χ1n) is 21.6. The molecule has 2 nitrogen and oxygen atoms in total. The zero-order valence-corrected chi connectivity index (χ0v) is 35.0. The van der Waals surface area contributed by atoms with Gasteiger partial charge in [0, 0.05) is 35.0 Å². The van der Waals surface area contributed by atoms with Crippen molar-refractivity contribution >= 4 is 28.4 Å². The lowest BCUT2D eigenvalue weighted by atomic mass is 9.98. The van der Waals surface area contributed by atoms with Crippen LogP contribution in [0.15, 0.2) is 267 Å². The van der Waals surface area contributed by atoms with Gasteiger partial charge in [0.25, 0.3) is 0 Å². The average Bonchev–Trinajstić information content (AvgIpc) is 3.38. The monoisotopic (exact) mass is 806 g/mol. The van der Waals surface area contributed by atoms with Crippen molar-refractivity contribution in [1.29, 1.82) is 0 Å². The summed E-state index contributed by atoms with van der Waals surface area (Å²) in [5.41, 5.74) is 18.8. The Labute approximate surface area is 371 Å². The second-order valence-electron chi connectivity index (χ2n) is 15.8. The van der Waals surface area contributed by atoms with Crippen molar-refractivity contribution in [1.82, 2.24) is 0 Å². The molecule has 0 saturated heterocycles. The topological polar surface area (TPSA) is 6.48 Å². The molecule has 300 valence electrons. The largest absolute Gasteiger partial charge is 0.337 e. The lowest BCUT2D eigenvalue weighted by Crippen LogP contribution is -2.17. The fourth-order valence-corrected chi connectivity index (χ4v) is 8.48. The second-order valence-corrected chi connectivity index (χ2v) is 15.8. The Kier molecular flexibility index (Phi) is 11.3. The molecule has 0 atom stereocenters. The number of nitrogens with zero attached hydrogens (tertiary/aromatic N) is 2. The summed E-state index contributed by atoms with van der Waals surface area (Å²) in [6.07, 6.45) is 0. The number of rotatable bonds is 12. The van der Waals surface area contributed by atoms with E-state index in [0.29, 0.717) is 6.54 Å². The van der Waals surface area contributed by atoms with Crippen molar-refractivity contribution in [2.24, 2.45) is 0 Å². The third kappa shape index (κ3) is 8.70. The minimum atomic E-state index is 0.695. The van der Waals surface area contributed by atoms with E-state index in [0.717, 1.165) is 28.4 Å². The highest BCUT2D eigenvalue weighted by atomic mass is 15.1. The Bertz CT molecular complexity index is 2840. The first-order chi connectivity index (χ1) is 31.2. The van der Waals surface area contributed by atoms with Crippen LogP contribution in [-0.4, -0.2) is 0 Å². The van der Waals surface area contributed by atoms with Crippen LogP contribution in [0.4, 0.5) is 28.4 Å². The SMILES string of the molecule is c1ccc(-c2ccc(N(Cc3ccccc3-c3ccc(N(c4ccc(-c5ccccc5)cc4)c4ccc(-c5ccccc5)cc4)cc3)c3ccc(-c4ccccc4)cc3)cc2)cc1. The van der Waals surface area contributed by atoms with Crippen molar-refractivity contribution in [2.45, 2.75) is 6.54 Å². The van der Waals surface area contributed by atoms with Gasteiger partial charge >= 0.3 is 0 Å². The lowest BCUT2D eigenvalue weighted by Gasteiger charge is -2.27. The van der Waals surface area contributed by atoms with Crippen molar-refractivity contribution in [3.63, 3.8) is 0 Å². The summed E-state index contributed by atoms with van der Waals surface area (Å²) in [6, 6.07) is 95.9. The molecule has 0 radical (unpaired) electrons. The molecule has 10 aromatic rings. The number of benzene rings is 10. The Hall–Kier alpha value is -8.20. The van der Waals surface area contributed by atoms with Gasteiger partial charge in [0.2, 0.25) is 0 Å². The van der Waals surface area contributed by atoms with E-state index < -0.39 is 0 Å². The fourth-order valence-electron chi connectivity index (χ4n) is 8.48. The third-order valence-corrected chi connectivity index (χ3v) is 11.8. The van der Waals surface area contributed by atoms with Crippen LogP contribution < -0.4 is 9.80 Å². The van der Waals surface area contributed by atoms with E-state index in [1.165, 1.54) is 61.2 Å². The Balaban J connectivity index is 0.987. The number of hydrogen-bond acceptors (Lipinski definition) is 2. The Morgan fingerprint density at radius 1 is 0.206 bits per heavy atom. The van der Waals surface area contributed by atoms with E-state index in [2.05, 4.69) is 277 Å². The predicted molar refractivity (Wildman–Crippen MR) is 267 cm³/mol. The van der Waals surface area contributed by atoms with Crippen LogP contribution in [0.25, 0.3) is 55.6 Å². The molecule has 10 aromatic carbocycles. The summed E-state index contributed by atoms with van der Waals surface area (Å²) in [5.74, 6) is 0. The van der Waals surface area contributed by atoms with Gasteiger partial charge in [-0.1, -0.05) is 206 Å². The second kappa shape index (κ2) is 18.2. The molecule has 0 saturated carbocycles. The molecular formula is C61H46N2. The molecule has 0 N–H and O–H groups in total. The predicted octanol–water partition coefficient (Wildman–Crippen LogP) is 16.8. The summed E-state index contributed by atoms with van der Waals surface area (Å²) in [6.45, 7) is 0.695. The molecule has 10 rings (SSSR count). The standard InChI is InChI=1S/C61H46N2/c1-5-15-46(16-6-1)50-25-35-56(36-26-50)62(57-37-27-51(28-38-57)47-17-7-2-8-18-47)45-55-23-13-14-24-61(55)54-33-43-60(44-34-54)63(58-39-29-52(30-40-58)48-19-9-3-10-20-48)59-41-31-53(32-42-59)49-21-11-4-12-22-49/h1-44H,45H2. The van der Waals surface area contributed by atoms with Crippen molar-refractivity contribution in [3.8, 4) is 55.6 Å². The normalized spacial score (nSPS) is 10.9. The molecule has 2 heteroatoms. The van der Waals surface area contributed by atoms with Gasteiger partial charge in [0.15, 0.2) is 0 Å². The molecule has 0 aliphatic rings. The van der Waals surface area contributed by atoms with E-state index in [4.69, 9.17) is 0 Å². The molecule has 0 unspecified atom stereocenters. The van der Waals surface area contributed by atoms with Gasteiger partial charge in [-0.2, -0.15) is 0 Å². The minimum Gasteiger partial charge on any atom is -0.337 e. The first-order valence-corrected chi connectivity index (χ1v) is 21.6. The van der Waals surface area contributed by atoms with Gasteiger partial charge in [0.05, 0.1) is 0 Å². The van der Waals surface area contributed by atoms with Crippen LogP contribution in [0.3, 0.4) is 0 Å². The van der Waals surface area contributed by atoms with Crippen molar-refractivity contribution in [3.05, 3.63) is 272 Å². The summed E-state index contributed by atoms with van der Waals surface area (Å²) in [5, 5.41) is 0. The van der Waals surface area contributed by atoms with Gasteiger partial charge in [0.1, 0.15) is 0 Å². The molecule has 63 heavy (non-hydrogen) atoms. The summed E-state index contributed by atoms with van der Waals surface area (Å²) in [4.78, 5) is 4.77. The molecule has 0 fully saturated rings. The Morgan fingerprint density at radius 2 is 0.460 bits per heavy atom. The maximum absolute atomic E-state index is 2.43. The van der Waals surface area contributed by atoms with Crippen LogP contribution in [-0.2, 0) is 6.54 Å². The van der Waals surface area contributed by atoms with E-state index in [1.807, 2.05) is 0 Å². The van der Waals surface area contributed by atoms with Gasteiger partial charge in [-0.05, 0) is 122 Å². The van der Waals surface area contributed by atoms with Gasteiger partial charge in [-0.3, -0.25) is 0 Å². The molecule has 0 aliphatic heterocycles. The third-order valence-electron chi connectivity index (χ3n) is 11.8. The van der Waals surface area contributed by atoms with Crippen LogP contribution in [0.5, 0.6) is 0 Å². The zero-order chi connectivity index (χ0) is 42.2. The van der Waals surface area contributed by atoms with Crippen LogP contribution in [0.1, 0.15) is 5.56 Å². The van der Waals surface area contributed by atoms with Gasteiger partial charge < -0.3 is 9.80 Å². The maximum Gasteiger partial charge on any atom is 0.0487 e. The number of anilines is 5. The van der Waals surface area contributed by atoms with E-state index in [1.54, 1.807) is 0 Å². The zero-order valence-electron chi connectivity index (χ0n) is 35.0. The maximum atomic E-state index is 2.43. The molecule has 0 bridgehead atoms. The quantitative estimate of drug-likeness (QED) is 0.121. The van der Waals surface area contributed by atoms with Crippen LogP contribution in [0, 0.1) is 0 Å². The van der Waals surface area contributed by atoms with Crippen LogP contribution in [0.2, 0.25) is 0 Å². The molecule has 0 spiro atoms. The van der Waals surface area contributed by atoms with E-state index in [-0.39, 0.29) is 0 Å². The average molecular weight is 807 g/mol. The first kappa shape index (κ1) is 39.0.